The molecule has 1 saturated heterocycles. The van der Waals surface area contributed by atoms with Crippen LogP contribution in [0.3, 0.4) is 0 Å². The summed E-state index contributed by atoms with van der Waals surface area (Å²) in [4.78, 5) is 16.2. The van der Waals surface area contributed by atoms with Gasteiger partial charge in [0.05, 0.1) is 24.6 Å². The van der Waals surface area contributed by atoms with Crippen molar-refractivity contribution in [2.24, 2.45) is 0 Å². The first-order valence-electron chi connectivity index (χ1n) is 10.5. The van der Waals surface area contributed by atoms with Crippen LogP contribution in [0.2, 0.25) is 0 Å². The molecule has 1 fully saturated rings. The second-order valence-corrected chi connectivity index (χ2v) is 8.13. The predicted octanol–water partition coefficient (Wildman–Crippen LogP) is 4.37. The van der Waals surface area contributed by atoms with Gasteiger partial charge in [-0.3, -0.25) is 4.40 Å². The van der Waals surface area contributed by atoms with Crippen LogP contribution in [0.1, 0.15) is 32.4 Å². The third kappa shape index (κ3) is 3.45. The van der Waals surface area contributed by atoms with Gasteiger partial charge >= 0.3 is 0 Å². The predicted molar refractivity (Wildman–Crippen MR) is 120 cm³/mol. The van der Waals surface area contributed by atoms with Gasteiger partial charge in [-0.25, -0.2) is 9.97 Å². The monoisotopic (exact) mass is 402 g/mol. The van der Waals surface area contributed by atoms with Crippen molar-refractivity contribution in [1.82, 2.24) is 19.4 Å². The van der Waals surface area contributed by atoms with Crippen molar-refractivity contribution in [2.45, 2.75) is 32.8 Å². The minimum Gasteiger partial charge on any atom is -0.375 e. The maximum Gasteiger partial charge on any atom is 0.230 e. The number of anilines is 3. The second-order valence-electron chi connectivity index (χ2n) is 8.13. The average Bonchev–Trinajstić information content (AvgIpc) is 3.19. The van der Waals surface area contributed by atoms with E-state index in [1.165, 1.54) is 5.69 Å². The Morgan fingerprint density at radius 2 is 1.93 bits per heavy atom. The highest BCUT2D eigenvalue weighted by atomic mass is 16.5. The molecule has 1 aliphatic rings. The summed E-state index contributed by atoms with van der Waals surface area (Å²) in [7, 11) is 0. The molecular formula is C23H26N6O. The van der Waals surface area contributed by atoms with Gasteiger partial charge in [-0.2, -0.15) is 4.98 Å². The number of nitrogens with one attached hydrogen (secondary N) is 1. The minimum absolute atomic E-state index is 0.240. The largest absolute Gasteiger partial charge is 0.375 e. The highest BCUT2D eigenvalue weighted by Crippen LogP contribution is 2.25. The lowest BCUT2D eigenvalue weighted by atomic mass is 10.1. The molecule has 1 aliphatic heterocycles. The van der Waals surface area contributed by atoms with E-state index in [2.05, 4.69) is 75.7 Å². The lowest BCUT2D eigenvalue weighted by molar-refractivity contribution is 0.0532. The Bertz CT molecular complexity index is 1180. The topological polar surface area (TPSA) is 67.6 Å². The van der Waals surface area contributed by atoms with Crippen molar-refractivity contribution in [3.05, 3.63) is 54.5 Å². The van der Waals surface area contributed by atoms with Gasteiger partial charge in [-0.15, -0.1) is 0 Å². The fraction of sp³-hybridized carbons (Fsp3) is 0.348. The molecule has 4 aromatic rings. The molecule has 5 rings (SSSR count). The molecule has 0 aromatic carbocycles. The zero-order valence-corrected chi connectivity index (χ0v) is 17.5. The van der Waals surface area contributed by atoms with Crippen LogP contribution in [0.4, 0.5) is 17.5 Å². The minimum atomic E-state index is 0.240. The number of pyridine rings is 2. The molecule has 0 amide bonds. The lowest BCUT2D eigenvalue weighted by Gasteiger charge is -2.32. The summed E-state index contributed by atoms with van der Waals surface area (Å²) < 4.78 is 7.83. The number of morpholine rings is 1. The van der Waals surface area contributed by atoms with Gasteiger partial charge in [0.25, 0.3) is 0 Å². The molecule has 1 unspecified atom stereocenters. The van der Waals surface area contributed by atoms with Gasteiger partial charge in [0.1, 0.15) is 11.5 Å². The summed E-state index contributed by atoms with van der Waals surface area (Å²) in [5.74, 6) is 1.67. The van der Waals surface area contributed by atoms with Crippen LogP contribution in [0.25, 0.3) is 16.6 Å². The first kappa shape index (κ1) is 18.8. The normalized spacial score (nSPS) is 17.2. The molecule has 0 bridgehead atoms. The van der Waals surface area contributed by atoms with Crippen LogP contribution in [-0.2, 0) is 4.74 Å². The molecule has 0 aliphatic carbocycles. The fourth-order valence-corrected chi connectivity index (χ4v) is 4.02. The third-order valence-corrected chi connectivity index (χ3v) is 5.57. The smallest absolute Gasteiger partial charge is 0.230 e. The first-order chi connectivity index (χ1) is 14.6. The molecule has 1 N–H and O–H groups in total. The van der Waals surface area contributed by atoms with E-state index in [0.29, 0.717) is 11.9 Å². The van der Waals surface area contributed by atoms with Gasteiger partial charge in [0.2, 0.25) is 5.95 Å². The fourth-order valence-electron chi connectivity index (χ4n) is 4.02. The van der Waals surface area contributed by atoms with Gasteiger partial charge in [0.15, 0.2) is 0 Å². The van der Waals surface area contributed by atoms with E-state index in [0.717, 1.165) is 47.8 Å². The van der Waals surface area contributed by atoms with Gasteiger partial charge in [-0.1, -0.05) is 13.8 Å². The quantitative estimate of drug-likeness (QED) is 0.547. The van der Waals surface area contributed by atoms with Crippen molar-refractivity contribution in [2.75, 3.05) is 29.9 Å². The molecule has 7 nitrogen and oxygen atoms in total. The summed E-state index contributed by atoms with van der Waals surface area (Å²) >= 11 is 0. The Balaban J connectivity index is 1.44. The summed E-state index contributed by atoms with van der Waals surface area (Å²) in [6.07, 6.45) is 3.99. The van der Waals surface area contributed by atoms with E-state index in [4.69, 9.17) is 9.72 Å². The molecule has 4 aromatic heterocycles. The van der Waals surface area contributed by atoms with Crippen molar-refractivity contribution in [3.8, 4) is 0 Å². The van der Waals surface area contributed by atoms with Gasteiger partial charge in [-0.05, 0) is 49.2 Å². The third-order valence-electron chi connectivity index (χ3n) is 5.57. The molecule has 30 heavy (non-hydrogen) atoms. The van der Waals surface area contributed by atoms with Crippen LogP contribution in [-0.4, -0.2) is 45.2 Å². The molecular weight excluding hydrogens is 376 g/mol. The maximum atomic E-state index is 5.62. The average molecular weight is 403 g/mol. The van der Waals surface area contributed by atoms with E-state index in [1.54, 1.807) is 0 Å². The number of hydrogen-bond donors (Lipinski definition) is 1. The zero-order chi connectivity index (χ0) is 20.7. The number of hydrogen-bond acceptors (Lipinski definition) is 6. The van der Waals surface area contributed by atoms with Crippen LogP contribution in [0.15, 0.2) is 48.8 Å². The number of nitrogens with zero attached hydrogens (tertiary/aromatic N) is 5. The summed E-state index contributed by atoms with van der Waals surface area (Å²) in [6.45, 7) is 9.01. The van der Waals surface area contributed by atoms with Crippen LogP contribution in [0.5, 0.6) is 0 Å². The Morgan fingerprint density at radius 1 is 1.07 bits per heavy atom. The molecule has 154 valence electrons. The summed E-state index contributed by atoms with van der Waals surface area (Å²) in [5.41, 5.74) is 4.38. The van der Waals surface area contributed by atoms with E-state index in [-0.39, 0.29) is 6.10 Å². The molecule has 0 spiro atoms. The lowest BCUT2D eigenvalue weighted by Crippen LogP contribution is -2.41. The van der Waals surface area contributed by atoms with Crippen molar-refractivity contribution in [3.63, 3.8) is 0 Å². The molecule has 1 atom stereocenters. The van der Waals surface area contributed by atoms with E-state index >= 15 is 0 Å². The highest BCUT2D eigenvalue weighted by molar-refractivity contribution is 5.80. The summed E-state index contributed by atoms with van der Waals surface area (Å²) in [6, 6.07) is 12.5. The molecule has 0 radical (unpaired) electrons. The Kier molecular flexibility index (Phi) is 4.75. The number of rotatable bonds is 4. The van der Waals surface area contributed by atoms with E-state index in [9.17, 15) is 0 Å². The summed E-state index contributed by atoms with van der Waals surface area (Å²) in [5, 5.41) is 4.26. The van der Waals surface area contributed by atoms with Crippen LogP contribution < -0.4 is 10.2 Å². The van der Waals surface area contributed by atoms with E-state index < -0.39 is 0 Å². The van der Waals surface area contributed by atoms with E-state index in [1.807, 2.05) is 18.5 Å². The Hall–Kier alpha value is -3.19. The SMILES string of the molecule is CC1CN(c2ccc(Nc3ncc4ccc5ccc(C(C)C)n5c4n3)nc2)CCO1. The number of aromatic nitrogens is 4. The van der Waals surface area contributed by atoms with Crippen LogP contribution in [0, 0.1) is 0 Å². The van der Waals surface area contributed by atoms with Crippen LogP contribution >= 0.6 is 0 Å². The van der Waals surface area contributed by atoms with Gasteiger partial charge < -0.3 is 15.0 Å². The number of fused-ring (bicyclic) bond motifs is 3. The first-order valence-corrected chi connectivity index (χ1v) is 10.5. The maximum absolute atomic E-state index is 5.62. The Morgan fingerprint density at radius 3 is 2.70 bits per heavy atom. The molecule has 5 heterocycles. The van der Waals surface area contributed by atoms with Crippen molar-refractivity contribution >= 4 is 34.0 Å². The Labute approximate surface area is 175 Å². The molecule has 7 heteroatoms. The number of ether oxygens (including phenoxy) is 1. The zero-order valence-electron chi connectivity index (χ0n) is 17.5. The standard InChI is InChI=1S/C23H26N6O/c1-15(2)20-8-6-18-5-4-17-12-25-23(27-22(17)29(18)20)26-21-9-7-19(13-24-21)28-10-11-30-16(3)14-28/h4-9,12-13,15-16H,10-11,14H2,1-3H3,(H,24,25,26,27). The highest BCUT2D eigenvalue weighted by Gasteiger charge is 2.17. The molecule has 0 saturated carbocycles. The van der Waals surface area contributed by atoms with Crippen molar-refractivity contribution in [1.29, 1.82) is 0 Å². The van der Waals surface area contributed by atoms with Gasteiger partial charge in [0, 0.05) is 35.9 Å². The van der Waals surface area contributed by atoms with Crippen molar-refractivity contribution < 1.29 is 4.74 Å². The second kappa shape index (κ2) is 7.57.